The lowest BCUT2D eigenvalue weighted by Gasteiger charge is -2.32. The second kappa shape index (κ2) is 7.45. The lowest BCUT2D eigenvalue weighted by atomic mass is 9.99. The molecule has 2 aromatic rings. The molecule has 2 nitrogen and oxygen atoms in total. The molecule has 0 radical (unpaired) electrons. The first-order valence-electron chi connectivity index (χ1n) is 9.29. The summed E-state index contributed by atoms with van der Waals surface area (Å²) in [6.45, 7) is 18.5. The fourth-order valence-electron chi connectivity index (χ4n) is 2.71. The van der Waals surface area contributed by atoms with Gasteiger partial charge in [0.1, 0.15) is 16.5 Å². The van der Waals surface area contributed by atoms with Crippen molar-refractivity contribution >= 4 is 33.4 Å². The summed E-state index contributed by atoms with van der Waals surface area (Å²) in [5, 5.41) is 0. The van der Waals surface area contributed by atoms with Crippen LogP contribution in [0.25, 0.3) is 5.57 Å². The van der Waals surface area contributed by atoms with Crippen LogP contribution in [0.1, 0.15) is 11.1 Å². The number of benzene rings is 2. The molecule has 26 heavy (non-hydrogen) atoms. The molecule has 0 saturated heterocycles. The lowest BCUT2D eigenvalue weighted by Crippen LogP contribution is -2.43. The second-order valence-electron chi connectivity index (χ2n) is 9.03. The highest BCUT2D eigenvalue weighted by molar-refractivity contribution is 6.80. The maximum Gasteiger partial charge on any atom is 0.147 e. The number of hydrogen-bond donors (Lipinski definition) is 0. The van der Waals surface area contributed by atoms with Gasteiger partial charge in [0.05, 0.1) is 0 Å². The summed E-state index contributed by atoms with van der Waals surface area (Å²) in [5.41, 5.74) is 6.02. The quantitative estimate of drug-likeness (QED) is 0.542. The summed E-state index contributed by atoms with van der Waals surface area (Å²) < 4.78 is 4.86. The van der Waals surface area contributed by atoms with Gasteiger partial charge in [-0.25, -0.2) is 0 Å². The van der Waals surface area contributed by atoms with Crippen molar-refractivity contribution < 1.29 is 0 Å². The number of anilines is 2. The molecule has 0 saturated carbocycles. The van der Waals surface area contributed by atoms with E-state index >= 15 is 0 Å². The van der Waals surface area contributed by atoms with Gasteiger partial charge in [-0.2, -0.15) is 0 Å². The maximum atomic E-state index is 4.33. The van der Waals surface area contributed by atoms with E-state index in [4.69, 9.17) is 0 Å². The van der Waals surface area contributed by atoms with Crippen LogP contribution in [0, 0.1) is 0 Å². The first kappa shape index (κ1) is 20.5. The van der Waals surface area contributed by atoms with Gasteiger partial charge in [0.15, 0.2) is 0 Å². The van der Waals surface area contributed by atoms with Gasteiger partial charge in [0.25, 0.3) is 0 Å². The predicted octanol–water partition coefficient (Wildman–Crippen LogP) is 6.29. The summed E-state index contributed by atoms with van der Waals surface area (Å²) in [6.07, 6.45) is 0. The van der Waals surface area contributed by atoms with E-state index in [2.05, 4.69) is 118 Å². The first-order chi connectivity index (χ1) is 11.9. The molecule has 0 aliphatic rings. The van der Waals surface area contributed by atoms with E-state index in [0.29, 0.717) is 0 Å². The van der Waals surface area contributed by atoms with E-state index in [9.17, 15) is 0 Å². The SMILES string of the molecule is C=C(c1ccc(N(C)[Si](C)(C)C)cc1)c1ccc(N(C)[Si](C)(C)C)cc1. The Bertz CT molecular complexity index is 685. The third-order valence-corrected chi connectivity index (χ3v) is 9.76. The monoisotopic (exact) mass is 382 g/mol. The molecule has 0 aromatic heterocycles. The summed E-state index contributed by atoms with van der Waals surface area (Å²) in [5.74, 6) is 0. The zero-order chi connectivity index (χ0) is 19.7. The Morgan fingerprint density at radius 1 is 0.615 bits per heavy atom. The average molecular weight is 383 g/mol. The van der Waals surface area contributed by atoms with Gasteiger partial charge in [-0.1, -0.05) is 70.1 Å². The minimum Gasteiger partial charge on any atom is -0.401 e. The molecule has 0 atom stereocenters. The zero-order valence-corrected chi connectivity index (χ0v) is 19.7. The molecule has 0 spiro atoms. The van der Waals surface area contributed by atoms with Crippen LogP contribution < -0.4 is 9.13 Å². The van der Waals surface area contributed by atoms with Gasteiger partial charge >= 0.3 is 0 Å². The van der Waals surface area contributed by atoms with E-state index in [1.54, 1.807) is 0 Å². The zero-order valence-electron chi connectivity index (χ0n) is 17.7. The Kier molecular flexibility index (Phi) is 5.88. The Morgan fingerprint density at radius 3 is 1.12 bits per heavy atom. The Labute approximate surface area is 162 Å². The van der Waals surface area contributed by atoms with Crippen molar-refractivity contribution in [3.63, 3.8) is 0 Å². The summed E-state index contributed by atoms with van der Waals surface area (Å²) in [4.78, 5) is 0. The molecule has 0 N–H and O–H groups in total. The Morgan fingerprint density at radius 2 is 0.885 bits per heavy atom. The molecule has 0 unspecified atom stereocenters. The molecule has 2 aromatic carbocycles. The van der Waals surface area contributed by atoms with Crippen LogP contribution >= 0.6 is 0 Å². The van der Waals surface area contributed by atoms with E-state index in [1.165, 1.54) is 22.5 Å². The molecule has 2 rings (SSSR count). The van der Waals surface area contributed by atoms with Gasteiger partial charge in [-0.3, -0.25) is 0 Å². The molecule has 4 heteroatoms. The number of rotatable bonds is 6. The van der Waals surface area contributed by atoms with Crippen LogP contribution in [0.3, 0.4) is 0 Å². The Balaban J connectivity index is 2.19. The molecule has 0 fully saturated rings. The van der Waals surface area contributed by atoms with Crippen LogP contribution in [0.5, 0.6) is 0 Å². The molecular weight excluding hydrogens is 348 g/mol. The molecule has 0 aliphatic carbocycles. The average Bonchev–Trinajstić information content (AvgIpc) is 2.58. The predicted molar refractivity (Wildman–Crippen MR) is 125 cm³/mol. The van der Waals surface area contributed by atoms with Crippen LogP contribution in [-0.2, 0) is 0 Å². The van der Waals surface area contributed by atoms with Gasteiger partial charge < -0.3 is 9.13 Å². The smallest absolute Gasteiger partial charge is 0.147 e. The standard InChI is InChI=1S/C22H34N2Si2/c1-18(19-10-14-21(15-11-19)23(2)25(4,5)6)20-12-16-22(17-13-20)24(3)26(7,8)9/h10-17H,1H2,2-9H3. The molecule has 0 aliphatic heterocycles. The topological polar surface area (TPSA) is 6.48 Å². The minimum absolute atomic E-state index is 1.08. The van der Waals surface area contributed by atoms with Crippen molar-refractivity contribution in [1.29, 1.82) is 0 Å². The van der Waals surface area contributed by atoms with Gasteiger partial charge in [-0.15, -0.1) is 0 Å². The molecule has 140 valence electrons. The van der Waals surface area contributed by atoms with Crippen molar-refractivity contribution in [2.24, 2.45) is 0 Å². The summed E-state index contributed by atoms with van der Waals surface area (Å²) >= 11 is 0. The van der Waals surface area contributed by atoms with Gasteiger partial charge in [0.2, 0.25) is 0 Å². The molecule has 0 bridgehead atoms. The highest BCUT2D eigenvalue weighted by atomic mass is 28.3. The molecule has 0 heterocycles. The minimum atomic E-state index is -1.33. The van der Waals surface area contributed by atoms with Crippen LogP contribution in [0.4, 0.5) is 11.4 Å². The van der Waals surface area contributed by atoms with Crippen molar-refractivity contribution in [1.82, 2.24) is 0 Å². The highest BCUT2D eigenvalue weighted by Crippen LogP contribution is 2.28. The Hall–Kier alpha value is -1.79. The van der Waals surface area contributed by atoms with Crippen LogP contribution in [0.2, 0.25) is 39.3 Å². The summed E-state index contributed by atoms with van der Waals surface area (Å²) in [7, 11) is 1.73. The highest BCUT2D eigenvalue weighted by Gasteiger charge is 2.21. The third-order valence-electron chi connectivity index (χ3n) is 5.22. The largest absolute Gasteiger partial charge is 0.401 e. The number of hydrogen-bond acceptors (Lipinski definition) is 2. The van der Waals surface area contributed by atoms with Crippen molar-refractivity contribution in [3.05, 3.63) is 66.2 Å². The molecule has 0 amide bonds. The second-order valence-corrected chi connectivity index (χ2v) is 19.1. The summed E-state index contributed by atoms with van der Waals surface area (Å²) in [6, 6.07) is 17.6. The van der Waals surface area contributed by atoms with Crippen molar-refractivity contribution in [2.75, 3.05) is 23.2 Å². The van der Waals surface area contributed by atoms with E-state index < -0.39 is 16.5 Å². The van der Waals surface area contributed by atoms with Crippen LogP contribution in [-0.4, -0.2) is 30.6 Å². The van der Waals surface area contributed by atoms with Crippen molar-refractivity contribution in [3.8, 4) is 0 Å². The fourth-order valence-corrected chi connectivity index (χ4v) is 4.56. The van der Waals surface area contributed by atoms with Crippen LogP contribution in [0.15, 0.2) is 55.1 Å². The third kappa shape index (κ3) is 4.68. The number of nitrogens with zero attached hydrogens (tertiary/aromatic N) is 2. The fraction of sp³-hybridized carbons (Fsp3) is 0.364. The van der Waals surface area contributed by atoms with Crippen molar-refractivity contribution in [2.45, 2.75) is 39.3 Å². The van der Waals surface area contributed by atoms with E-state index in [-0.39, 0.29) is 0 Å². The van der Waals surface area contributed by atoms with Gasteiger partial charge in [-0.05, 0) is 55.1 Å². The normalized spacial score (nSPS) is 12.0. The van der Waals surface area contributed by atoms with Gasteiger partial charge in [0, 0.05) is 11.4 Å². The first-order valence-corrected chi connectivity index (χ1v) is 16.2. The van der Waals surface area contributed by atoms with E-state index in [0.717, 1.165) is 5.57 Å². The maximum absolute atomic E-state index is 4.33. The lowest BCUT2D eigenvalue weighted by molar-refractivity contribution is 1.24. The molecular formula is C22H34N2Si2. The van der Waals surface area contributed by atoms with E-state index in [1.807, 2.05) is 0 Å².